The highest BCUT2D eigenvalue weighted by atomic mass is 19.1. The number of hydrogen-bond acceptors (Lipinski definition) is 2. The van der Waals surface area contributed by atoms with Crippen molar-refractivity contribution >= 4 is 11.8 Å². The van der Waals surface area contributed by atoms with Crippen molar-refractivity contribution < 1.29 is 9.60 Å². The van der Waals surface area contributed by atoms with E-state index in [0.29, 0.717) is 11.6 Å². The van der Waals surface area contributed by atoms with Crippen molar-refractivity contribution in [2.45, 2.75) is 26.7 Å². The summed E-state index contributed by atoms with van der Waals surface area (Å²) < 4.78 is 12.7. The van der Waals surface area contributed by atoms with Gasteiger partial charge in [0.05, 0.1) is 5.71 Å². The Hall–Kier alpha value is -1.64. The van der Waals surface area contributed by atoms with Crippen molar-refractivity contribution in [2.24, 2.45) is 11.1 Å². The van der Waals surface area contributed by atoms with Gasteiger partial charge in [-0.25, -0.2) is 4.39 Å². The number of oxime groups is 1. The molecule has 1 N–H and O–H groups in total. The molecule has 0 saturated heterocycles. The highest BCUT2D eigenvalue weighted by Gasteiger charge is 1.99. The fourth-order valence-corrected chi connectivity index (χ4v) is 1.37. The van der Waals surface area contributed by atoms with Crippen molar-refractivity contribution in [3.8, 4) is 0 Å². The number of benzene rings is 1. The van der Waals surface area contributed by atoms with Crippen LogP contribution in [0.15, 0.2) is 35.5 Å². The van der Waals surface area contributed by atoms with Gasteiger partial charge in [-0.1, -0.05) is 37.2 Å². The molecule has 0 saturated carbocycles. The highest BCUT2D eigenvalue weighted by molar-refractivity contribution is 5.97. The van der Waals surface area contributed by atoms with E-state index in [4.69, 9.17) is 5.21 Å². The van der Waals surface area contributed by atoms with Gasteiger partial charge in [0.15, 0.2) is 0 Å². The van der Waals surface area contributed by atoms with Crippen LogP contribution in [0.3, 0.4) is 0 Å². The molecule has 0 aliphatic rings. The zero-order chi connectivity index (χ0) is 12.7. The van der Waals surface area contributed by atoms with E-state index in [9.17, 15) is 4.39 Å². The van der Waals surface area contributed by atoms with Crippen LogP contribution in [-0.2, 0) is 0 Å². The molecule has 0 atom stereocenters. The number of halogens is 1. The second kappa shape index (κ2) is 6.84. The number of hydrogen-bond donors (Lipinski definition) is 1. The van der Waals surface area contributed by atoms with Crippen LogP contribution >= 0.6 is 0 Å². The van der Waals surface area contributed by atoms with Crippen molar-refractivity contribution in [3.05, 3.63) is 41.7 Å². The summed E-state index contributed by atoms with van der Waals surface area (Å²) in [5, 5.41) is 12.1. The van der Waals surface area contributed by atoms with Crippen molar-refractivity contribution in [3.63, 3.8) is 0 Å². The van der Waals surface area contributed by atoms with Crippen LogP contribution in [0.4, 0.5) is 4.39 Å². The maximum atomic E-state index is 12.7. The van der Waals surface area contributed by atoms with Crippen molar-refractivity contribution in [1.82, 2.24) is 0 Å². The maximum absolute atomic E-state index is 12.7. The summed E-state index contributed by atoms with van der Waals surface area (Å²) in [5.41, 5.74) is 1.53. The van der Waals surface area contributed by atoms with Crippen LogP contribution in [-0.4, -0.2) is 10.9 Å². The smallest absolute Gasteiger partial charge is 0.123 e. The lowest BCUT2D eigenvalue weighted by molar-refractivity contribution is 0.317. The highest BCUT2D eigenvalue weighted by Crippen LogP contribution is 2.08. The Morgan fingerprint density at radius 1 is 1.35 bits per heavy atom. The predicted octanol–water partition coefficient (Wildman–Crippen LogP) is 4.11. The minimum atomic E-state index is -0.252. The predicted molar refractivity (Wildman–Crippen MR) is 68.7 cm³/mol. The molecule has 2 nitrogen and oxygen atoms in total. The average molecular weight is 235 g/mol. The van der Waals surface area contributed by atoms with E-state index in [1.54, 1.807) is 18.2 Å². The third kappa shape index (κ3) is 5.29. The summed E-state index contributed by atoms with van der Waals surface area (Å²) in [7, 11) is 0. The maximum Gasteiger partial charge on any atom is 0.123 e. The normalized spacial score (nSPS) is 12.6. The van der Waals surface area contributed by atoms with Crippen LogP contribution in [0.5, 0.6) is 0 Å². The lowest BCUT2D eigenvalue weighted by Gasteiger charge is -2.02. The van der Waals surface area contributed by atoms with E-state index in [1.165, 1.54) is 12.1 Å². The molecule has 0 aliphatic heterocycles. The number of allylic oxidation sites excluding steroid dienone is 1. The third-order valence-electron chi connectivity index (χ3n) is 2.44. The Labute approximate surface area is 101 Å². The molecule has 0 fully saturated rings. The Morgan fingerprint density at radius 3 is 2.53 bits per heavy atom. The Bertz CT molecular complexity index is 393. The minimum absolute atomic E-state index is 0.252. The molecule has 1 aromatic carbocycles. The second-order valence-electron chi connectivity index (χ2n) is 4.41. The van der Waals surface area contributed by atoms with Gasteiger partial charge in [-0.05, 0) is 42.5 Å². The summed E-state index contributed by atoms with van der Waals surface area (Å²) in [6.45, 7) is 4.25. The molecule has 92 valence electrons. The fraction of sp³-hybridized carbons (Fsp3) is 0.357. The molecule has 0 heterocycles. The molecule has 0 radical (unpaired) electrons. The van der Waals surface area contributed by atoms with Gasteiger partial charge in [0, 0.05) is 0 Å². The topological polar surface area (TPSA) is 32.6 Å². The van der Waals surface area contributed by atoms with E-state index in [1.807, 2.05) is 6.08 Å². The second-order valence-corrected chi connectivity index (χ2v) is 4.41. The van der Waals surface area contributed by atoms with E-state index in [-0.39, 0.29) is 5.82 Å². The summed E-state index contributed by atoms with van der Waals surface area (Å²) in [6.07, 6.45) is 5.30. The first-order chi connectivity index (χ1) is 8.11. The summed E-state index contributed by atoms with van der Waals surface area (Å²) in [4.78, 5) is 0. The van der Waals surface area contributed by atoms with Gasteiger partial charge >= 0.3 is 0 Å². The van der Waals surface area contributed by atoms with Crippen molar-refractivity contribution in [2.75, 3.05) is 0 Å². The molecule has 3 heteroatoms. The summed E-state index contributed by atoms with van der Waals surface area (Å²) >= 11 is 0. The first-order valence-electron chi connectivity index (χ1n) is 5.76. The Balaban J connectivity index is 2.59. The largest absolute Gasteiger partial charge is 0.411 e. The molecule has 0 aromatic heterocycles. The Morgan fingerprint density at radius 2 is 2.00 bits per heavy atom. The van der Waals surface area contributed by atoms with E-state index in [2.05, 4.69) is 19.0 Å². The van der Waals surface area contributed by atoms with Gasteiger partial charge in [-0.2, -0.15) is 0 Å². The quantitative estimate of drug-likeness (QED) is 0.465. The molecule has 1 aromatic rings. The van der Waals surface area contributed by atoms with Crippen molar-refractivity contribution in [1.29, 1.82) is 0 Å². The lowest BCUT2D eigenvalue weighted by atomic mass is 10.0. The minimum Gasteiger partial charge on any atom is -0.411 e. The molecule has 0 unspecified atom stereocenters. The lowest BCUT2D eigenvalue weighted by Crippen LogP contribution is -1.97. The van der Waals surface area contributed by atoms with Gasteiger partial charge in [-0.15, -0.1) is 0 Å². The monoisotopic (exact) mass is 235 g/mol. The van der Waals surface area contributed by atoms with Gasteiger partial charge in [-0.3, -0.25) is 0 Å². The van der Waals surface area contributed by atoms with E-state index in [0.717, 1.165) is 18.4 Å². The first kappa shape index (κ1) is 13.4. The molecule has 17 heavy (non-hydrogen) atoms. The van der Waals surface area contributed by atoms with E-state index < -0.39 is 0 Å². The van der Waals surface area contributed by atoms with Crippen LogP contribution in [0.2, 0.25) is 0 Å². The molecule has 0 bridgehead atoms. The number of rotatable bonds is 5. The fourth-order valence-electron chi connectivity index (χ4n) is 1.37. The Kier molecular flexibility index (Phi) is 5.40. The molecule has 1 rings (SSSR count). The van der Waals surface area contributed by atoms with Crippen LogP contribution in [0, 0.1) is 11.7 Å². The molecule has 0 spiro atoms. The summed E-state index contributed by atoms with van der Waals surface area (Å²) in [6, 6.07) is 6.18. The SMILES string of the molecule is CC(C)CCC(/C=C/c1ccc(F)cc1)=N\O. The molecule has 0 amide bonds. The van der Waals surface area contributed by atoms with Gasteiger partial charge < -0.3 is 5.21 Å². The van der Waals surface area contributed by atoms with E-state index >= 15 is 0 Å². The number of nitrogens with zero attached hydrogens (tertiary/aromatic N) is 1. The zero-order valence-electron chi connectivity index (χ0n) is 10.2. The molecule has 0 aliphatic carbocycles. The van der Waals surface area contributed by atoms with Gasteiger partial charge in [0.1, 0.15) is 5.82 Å². The molecular formula is C14H18FNO. The van der Waals surface area contributed by atoms with Gasteiger partial charge in [0.2, 0.25) is 0 Å². The van der Waals surface area contributed by atoms with Crippen LogP contribution < -0.4 is 0 Å². The summed E-state index contributed by atoms with van der Waals surface area (Å²) in [5.74, 6) is 0.323. The first-order valence-corrected chi connectivity index (χ1v) is 5.76. The van der Waals surface area contributed by atoms with Crippen LogP contribution in [0.1, 0.15) is 32.3 Å². The standard InChI is InChI=1S/C14H18FNO/c1-11(2)3-9-14(16-17)10-6-12-4-7-13(15)8-5-12/h4-8,10-11,17H,3,9H2,1-2H3/b10-6+,16-14+. The molecular weight excluding hydrogens is 217 g/mol. The average Bonchev–Trinajstić information content (AvgIpc) is 2.31. The van der Waals surface area contributed by atoms with Gasteiger partial charge in [0.25, 0.3) is 0 Å². The third-order valence-corrected chi connectivity index (χ3v) is 2.44. The zero-order valence-corrected chi connectivity index (χ0v) is 10.2. The van der Waals surface area contributed by atoms with Crippen LogP contribution in [0.25, 0.3) is 6.08 Å².